The first-order chi connectivity index (χ1) is 13.2. The average molecular weight is 370 g/mol. The van der Waals surface area contributed by atoms with Crippen LogP contribution in [0.2, 0.25) is 0 Å². The second-order valence-electron chi connectivity index (χ2n) is 6.50. The lowest BCUT2D eigenvalue weighted by atomic mass is 10.1. The highest BCUT2D eigenvalue weighted by Crippen LogP contribution is 2.25. The van der Waals surface area contributed by atoms with Crippen molar-refractivity contribution in [3.8, 4) is 17.8 Å². The predicted octanol–water partition coefficient (Wildman–Crippen LogP) is 3.34. The van der Waals surface area contributed by atoms with Gasteiger partial charge in [0.1, 0.15) is 18.5 Å². The number of likely N-dealkylation sites (tertiary alicyclic amines) is 1. The predicted molar refractivity (Wildman–Crippen MR) is 97.7 cm³/mol. The van der Waals surface area contributed by atoms with Crippen molar-refractivity contribution in [2.24, 2.45) is 0 Å². The van der Waals surface area contributed by atoms with E-state index in [1.54, 1.807) is 24.5 Å². The Morgan fingerprint density at radius 3 is 2.52 bits per heavy atom. The minimum absolute atomic E-state index is 0.0714. The minimum atomic E-state index is -0.277. The Hall–Kier alpha value is -2.72. The Balaban J connectivity index is 1.51. The number of ether oxygens (including phenoxy) is 2. The van der Waals surface area contributed by atoms with Gasteiger partial charge in [0.05, 0.1) is 6.07 Å². The highest BCUT2D eigenvalue weighted by Gasteiger charge is 2.22. The topological polar surface area (TPSA) is 71.3 Å². The smallest absolute Gasteiger partial charge is 0.278 e. The normalized spacial score (nSPS) is 15.3. The highest BCUT2D eigenvalue weighted by atomic mass is 19.1. The molecule has 142 valence electrons. The number of hydrogen-bond donors (Lipinski definition) is 0. The summed E-state index contributed by atoms with van der Waals surface area (Å²) in [4.78, 5) is 10.8. The van der Waals surface area contributed by atoms with Crippen molar-refractivity contribution in [1.82, 2.24) is 14.9 Å². The number of nitrogens with zero attached hydrogens (tertiary/aromatic N) is 4. The van der Waals surface area contributed by atoms with E-state index >= 15 is 0 Å². The third-order valence-electron chi connectivity index (χ3n) is 4.50. The summed E-state index contributed by atoms with van der Waals surface area (Å²) < 4.78 is 24.7. The van der Waals surface area contributed by atoms with E-state index in [1.165, 1.54) is 12.1 Å². The monoisotopic (exact) mass is 370 g/mol. The third kappa shape index (κ3) is 5.90. The van der Waals surface area contributed by atoms with E-state index in [9.17, 15) is 4.39 Å². The number of hydrogen-bond acceptors (Lipinski definition) is 6. The van der Waals surface area contributed by atoms with E-state index in [0.29, 0.717) is 18.2 Å². The molecule has 1 saturated heterocycles. The first-order valence-electron chi connectivity index (χ1n) is 9.19. The summed E-state index contributed by atoms with van der Waals surface area (Å²) in [5.74, 6) is 0.460. The van der Waals surface area contributed by atoms with E-state index in [-0.39, 0.29) is 18.5 Å². The van der Waals surface area contributed by atoms with Crippen molar-refractivity contribution in [2.75, 3.05) is 19.6 Å². The molecule has 0 aliphatic carbocycles. The second-order valence-corrected chi connectivity index (χ2v) is 6.50. The molecule has 0 radical (unpaired) electrons. The maximum atomic E-state index is 13.0. The quantitative estimate of drug-likeness (QED) is 0.664. The van der Waals surface area contributed by atoms with Gasteiger partial charge in [-0.3, -0.25) is 0 Å². The molecule has 1 aromatic carbocycles. The zero-order valence-corrected chi connectivity index (χ0v) is 15.2. The van der Waals surface area contributed by atoms with Gasteiger partial charge in [0.2, 0.25) is 0 Å². The highest BCUT2D eigenvalue weighted by molar-refractivity contribution is 5.25. The van der Waals surface area contributed by atoms with Crippen LogP contribution in [-0.4, -0.2) is 40.6 Å². The van der Waals surface area contributed by atoms with Crippen LogP contribution in [0.25, 0.3) is 0 Å². The molecule has 0 atom stereocenters. The van der Waals surface area contributed by atoms with Gasteiger partial charge < -0.3 is 14.4 Å². The molecule has 1 aliphatic heterocycles. The van der Waals surface area contributed by atoms with Crippen molar-refractivity contribution in [3.05, 3.63) is 48.0 Å². The van der Waals surface area contributed by atoms with Crippen LogP contribution in [0, 0.1) is 17.1 Å². The molecule has 1 aromatic heterocycles. The van der Waals surface area contributed by atoms with E-state index in [2.05, 4.69) is 20.9 Å². The van der Waals surface area contributed by atoms with Gasteiger partial charge in [-0.25, -0.2) is 14.4 Å². The number of rotatable bonds is 8. The van der Waals surface area contributed by atoms with Gasteiger partial charge in [-0.15, -0.1) is 0 Å². The lowest BCUT2D eigenvalue weighted by Crippen LogP contribution is -2.38. The first kappa shape index (κ1) is 19.1. The molecular formula is C20H23FN4O2. The summed E-state index contributed by atoms with van der Waals surface area (Å²) in [7, 11) is 0. The Bertz CT molecular complexity index is 755. The largest absolute Gasteiger partial charge is 0.470 e. The zero-order chi connectivity index (χ0) is 18.9. The molecule has 2 aromatic rings. The molecule has 1 fully saturated rings. The minimum Gasteiger partial charge on any atom is -0.470 e. The van der Waals surface area contributed by atoms with Crippen LogP contribution >= 0.6 is 0 Å². The lowest BCUT2D eigenvalue weighted by Gasteiger charge is -2.31. The Labute approximate surface area is 158 Å². The second kappa shape index (κ2) is 9.83. The fourth-order valence-corrected chi connectivity index (χ4v) is 3.01. The van der Waals surface area contributed by atoms with Gasteiger partial charge >= 0.3 is 0 Å². The Morgan fingerprint density at radius 1 is 1.11 bits per heavy atom. The van der Waals surface area contributed by atoms with Crippen molar-refractivity contribution in [3.63, 3.8) is 0 Å². The molecule has 0 bridgehead atoms. The summed E-state index contributed by atoms with van der Waals surface area (Å²) in [6, 6.07) is 8.33. The summed E-state index contributed by atoms with van der Waals surface area (Å²) in [5, 5.41) is 8.63. The summed E-state index contributed by atoms with van der Waals surface area (Å²) >= 11 is 0. The number of nitriles is 1. The van der Waals surface area contributed by atoms with Gasteiger partial charge in [-0.1, -0.05) is 12.1 Å². The van der Waals surface area contributed by atoms with Crippen molar-refractivity contribution in [1.29, 1.82) is 5.26 Å². The molecule has 7 heteroatoms. The molecule has 1 aliphatic rings. The van der Waals surface area contributed by atoms with E-state index in [1.807, 2.05) is 0 Å². The number of halogens is 1. The average Bonchev–Trinajstić information content (AvgIpc) is 2.70. The van der Waals surface area contributed by atoms with Crippen LogP contribution in [0.1, 0.15) is 31.2 Å². The van der Waals surface area contributed by atoms with Gasteiger partial charge in [0, 0.05) is 31.9 Å². The maximum Gasteiger partial charge on any atom is 0.278 e. The lowest BCUT2D eigenvalue weighted by molar-refractivity contribution is 0.0913. The molecular weight excluding hydrogens is 347 g/mol. The molecule has 3 rings (SSSR count). The summed E-state index contributed by atoms with van der Waals surface area (Å²) in [5.41, 5.74) is 0.846. The Kier molecular flexibility index (Phi) is 6.94. The first-order valence-corrected chi connectivity index (χ1v) is 9.19. The maximum absolute atomic E-state index is 13.0. The van der Waals surface area contributed by atoms with E-state index in [0.717, 1.165) is 44.5 Å². The SMILES string of the molecule is N#CCCCN1CCC(Oc2nccnc2OCc2ccc(F)cc2)CC1. The third-order valence-corrected chi connectivity index (χ3v) is 4.50. The number of aromatic nitrogens is 2. The summed E-state index contributed by atoms with van der Waals surface area (Å²) in [6.07, 6.45) is 6.53. The molecule has 0 amide bonds. The van der Waals surface area contributed by atoms with Crippen LogP contribution < -0.4 is 9.47 Å². The molecule has 0 spiro atoms. The van der Waals surface area contributed by atoms with Crippen molar-refractivity contribution >= 4 is 0 Å². The van der Waals surface area contributed by atoms with Crippen LogP contribution in [0.3, 0.4) is 0 Å². The van der Waals surface area contributed by atoms with Gasteiger partial charge in [0.25, 0.3) is 11.8 Å². The van der Waals surface area contributed by atoms with E-state index in [4.69, 9.17) is 14.7 Å². The van der Waals surface area contributed by atoms with Gasteiger partial charge in [-0.2, -0.15) is 5.26 Å². The van der Waals surface area contributed by atoms with Crippen LogP contribution in [0.15, 0.2) is 36.7 Å². The molecule has 2 heterocycles. The van der Waals surface area contributed by atoms with Crippen molar-refractivity contribution in [2.45, 2.75) is 38.4 Å². The van der Waals surface area contributed by atoms with Gasteiger partial charge in [0.15, 0.2) is 0 Å². The summed E-state index contributed by atoms with van der Waals surface area (Å²) in [6.45, 7) is 3.12. The fourth-order valence-electron chi connectivity index (χ4n) is 3.01. The molecule has 0 unspecified atom stereocenters. The molecule has 0 saturated carbocycles. The Morgan fingerprint density at radius 2 is 1.81 bits per heavy atom. The van der Waals surface area contributed by atoms with E-state index < -0.39 is 0 Å². The van der Waals surface area contributed by atoms with Crippen LogP contribution in [-0.2, 0) is 6.61 Å². The van der Waals surface area contributed by atoms with Gasteiger partial charge in [-0.05, 0) is 43.5 Å². The number of piperidine rings is 1. The van der Waals surface area contributed by atoms with Crippen molar-refractivity contribution < 1.29 is 13.9 Å². The zero-order valence-electron chi connectivity index (χ0n) is 15.2. The molecule has 0 N–H and O–H groups in total. The molecule has 6 nitrogen and oxygen atoms in total. The van der Waals surface area contributed by atoms with Crippen LogP contribution in [0.5, 0.6) is 11.8 Å². The van der Waals surface area contributed by atoms with Crippen LogP contribution in [0.4, 0.5) is 4.39 Å². The fraction of sp³-hybridized carbons (Fsp3) is 0.450. The molecule has 27 heavy (non-hydrogen) atoms. The number of benzene rings is 1. The number of unbranched alkanes of at least 4 members (excludes halogenated alkanes) is 1. The standard InChI is InChI=1S/C20H23FN4O2/c21-17-5-3-16(4-6-17)15-26-19-20(24-11-10-23-19)27-18-7-13-25(14-8-18)12-2-1-9-22/h3-6,10-11,18H,1-2,7-8,12-15H2.